The monoisotopic (exact) mass is 353 g/mol. The Kier molecular flexibility index (Phi) is 5.34. The van der Waals surface area contributed by atoms with Crippen LogP contribution in [0.5, 0.6) is 0 Å². The molecule has 1 N–H and O–H groups in total. The smallest absolute Gasteiger partial charge is 0.251 e. The van der Waals surface area contributed by atoms with Crippen molar-refractivity contribution >= 4 is 5.91 Å². The summed E-state index contributed by atoms with van der Waals surface area (Å²) >= 11 is 0. The molecule has 1 aromatic carbocycles. The maximum atomic E-state index is 12.6. The molecular formula is C21H27N3O2. The molecule has 0 bridgehead atoms. The normalized spacial score (nSPS) is 21.7. The number of carbonyl (C=O) groups is 1. The number of likely N-dealkylation sites (tertiary alicyclic amines) is 1. The fourth-order valence-corrected chi connectivity index (χ4v) is 4.03. The van der Waals surface area contributed by atoms with Crippen LogP contribution in [0, 0.1) is 0 Å². The van der Waals surface area contributed by atoms with Crippen LogP contribution in [-0.4, -0.2) is 46.8 Å². The van der Waals surface area contributed by atoms with Crippen LogP contribution in [-0.2, 0) is 16.0 Å². The highest BCUT2D eigenvalue weighted by molar-refractivity contribution is 5.81. The number of H-pyrrole nitrogens is 1. The van der Waals surface area contributed by atoms with Crippen molar-refractivity contribution in [3.8, 4) is 0 Å². The molecule has 0 radical (unpaired) electrons. The van der Waals surface area contributed by atoms with Gasteiger partial charge in [0.1, 0.15) is 6.10 Å². The Labute approximate surface area is 154 Å². The Morgan fingerprint density at radius 3 is 2.69 bits per heavy atom. The number of rotatable bonds is 4. The number of hydrogen-bond acceptors (Lipinski definition) is 3. The Bertz CT molecular complexity index is 714. The third kappa shape index (κ3) is 3.98. The lowest BCUT2D eigenvalue weighted by Gasteiger charge is -2.34. The van der Waals surface area contributed by atoms with Crippen LogP contribution in [0.3, 0.4) is 0 Å². The zero-order chi connectivity index (χ0) is 17.8. The average molecular weight is 353 g/mol. The SMILES string of the molecule is O=C([C@H]1CCCCO1)N1CCC(c2cc(Cc3ccccc3)[nH]n2)CC1. The second-order valence-corrected chi connectivity index (χ2v) is 7.44. The molecule has 2 aliphatic rings. The highest BCUT2D eigenvalue weighted by Crippen LogP contribution is 2.28. The number of ether oxygens (including phenoxy) is 1. The van der Waals surface area contributed by atoms with E-state index < -0.39 is 0 Å². The van der Waals surface area contributed by atoms with Gasteiger partial charge in [-0.1, -0.05) is 30.3 Å². The summed E-state index contributed by atoms with van der Waals surface area (Å²) in [5.74, 6) is 0.627. The molecule has 2 fully saturated rings. The maximum Gasteiger partial charge on any atom is 0.251 e. The molecule has 1 amide bonds. The Morgan fingerprint density at radius 2 is 1.96 bits per heavy atom. The first-order valence-electron chi connectivity index (χ1n) is 9.78. The zero-order valence-electron chi connectivity index (χ0n) is 15.2. The molecule has 3 heterocycles. The minimum absolute atomic E-state index is 0.190. The Hall–Kier alpha value is -2.14. The van der Waals surface area contributed by atoms with Crippen molar-refractivity contribution in [2.45, 2.75) is 50.5 Å². The molecule has 0 unspecified atom stereocenters. The molecule has 1 aromatic heterocycles. The van der Waals surface area contributed by atoms with Gasteiger partial charge < -0.3 is 9.64 Å². The van der Waals surface area contributed by atoms with Crippen LogP contribution in [0.1, 0.15) is 55.0 Å². The molecule has 2 saturated heterocycles. The van der Waals surface area contributed by atoms with Gasteiger partial charge in [-0.3, -0.25) is 9.89 Å². The van der Waals surface area contributed by atoms with Gasteiger partial charge in [0.25, 0.3) is 5.91 Å². The largest absolute Gasteiger partial charge is 0.368 e. The average Bonchev–Trinajstić information content (AvgIpc) is 3.17. The van der Waals surface area contributed by atoms with E-state index in [1.54, 1.807) is 0 Å². The fourth-order valence-electron chi connectivity index (χ4n) is 4.03. The number of amides is 1. The number of benzene rings is 1. The van der Waals surface area contributed by atoms with Crippen molar-refractivity contribution in [1.29, 1.82) is 0 Å². The van der Waals surface area contributed by atoms with E-state index >= 15 is 0 Å². The van der Waals surface area contributed by atoms with Gasteiger partial charge in [-0.25, -0.2) is 0 Å². The fraction of sp³-hybridized carbons (Fsp3) is 0.524. The number of aromatic nitrogens is 2. The summed E-state index contributed by atoms with van der Waals surface area (Å²) in [4.78, 5) is 14.6. The van der Waals surface area contributed by atoms with Gasteiger partial charge in [0.2, 0.25) is 0 Å². The summed E-state index contributed by atoms with van der Waals surface area (Å²) in [5.41, 5.74) is 3.58. The van der Waals surface area contributed by atoms with E-state index in [0.717, 1.165) is 69.6 Å². The number of hydrogen-bond donors (Lipinski definition) is 1. The first-order valence-corrected chi connectivity index (χ1v) is 9.78. The molecule has 1 atom stereocenters. The van der Waals surface area contributed by atoms with Crippen molar-refractivity contribution in [1.82, 2.24) is 15.1 Å². The van der Waals surface area contributed by atoms with Crippen LogP contribution in [0.25, 0.3) is 0 Å². The highest BCUT2D eigenvalue weighted by atomic mass is 16.5. The molecule has 138 valence electrons. The van der Waals surface area contributed by atoms with E-state index in [1.807, 2.05) is 11.0 Å². The van der Waals surface area contributed by atoms with Gasteiger partial charge in [-0.15, -0.1) is 0 Å². The van der Waals surface area contributed by atoms with Crippen molar-refractivity contribution in [3.63, 3.8) is 0 Å². The third-order valence-corrected chi connectivity index (χ3v) is 5.57. The summed E-state index contributed by atoms with van der Waals surface area (Å²) < 4.78 is 5.66. The van der Waals surface area contributed by atoms with Crippen LogP contribution in [0.2, 0.25) is 0 Å². The first kappa shape index (κ1) is 17.3. The molecule has 0 spiro atoms. The molecule has 0 aliphatic carbocycles. The molecule has 5 nitrogen and oxygen atoms in total. The van der Waals surface area contributed by atoms with Gasteiger partial charge in [-0.05, 0) is 43.7 Å². The van der Waals surface area contributed by atoms with Gasteiger partial charge in [0.15, 0.2) is 0 Å². The van der Waals surface area contributed by atoms with Crippen molar-refractivity contribution in [2.24, 2.45) is 0 Å². The number of nitrogens with zero attached hydrogens (tertiary/aromatic N) is 2. The molecule has 0 saturated carbocycles. The second-order valence-electron chi connectivity index (χ2n) is 7.44. The quantitative estimate of drug-likeness (QED) is 0.918. The minimum Gasteiger partial charge on any atom is -0.368 e. The zero-order valence-corrected chi connectivity index (χ0v) is 15.2. The van der Waals surface area contributed by atoms with E-state index in [0.29, 0.717) is 5.92 Å². The Morgan fingerprint density at radius 1 is 1.15 bits per heavy atom. The summed E-state index contributed by atoms with van der Waals surface area (Å²) in [6, 6.07) is 12.6. The van der Waals surface area contributed by atoms with Gasteiger partial charge in [0.05, 0.1) is 5.69 Å². The van der Waals surface area contributed by atoms with Crippen molar-refractivity contribution < 1.29 is 9.53 Å². The van der Waals surface area contributed by atoms with E-state index in [1.165, 1.54) is 5.56 Å². The molecule has 26 heavy (non-hydrogen) atoms. The summed E-state index contributed by atoms with van der Waals surface area (Å²) in [6.45, 7) is 2.35. The minimum atomic E-state index is -0.205. The van der Waals surface area contributed by atoms with Crippen LogP contribution < -0.4 is 0 Å². The van der Waals surface area contributed by atoms with Gasteiger partial charge >= 0.3 is 0 Å². The lowest BCUT2D eigenvalue weighted by molar-refractivity contribution is -0.147. The Balaban J connectivity index is 1.31. The van der Waals surface area contributed by atoms with E-state index in [9.17, 15) is 4.79 Å². The third-order valence-electron chi connectivity index (χ3n) is 5.57. The molecule has 4 rings (SSSR count). The summed E-state index contributed by atoms with van der Waals surface area (Å²) in [6.07, 6.45) is 5.69. The van der Waals surface area contributed by atoms with Gasteiger partial charge in [-0.2, -0.15) is 5.10 Å². The van der Waals surface area contributed by atoms with Crippen LogP contribution in [0.15, 0.2) is 36.4 Å². The van der Waals surface area contributed by atoms with Crippen molar-refractivity contribution in [2.75, 3.05) is 19.7 Å². The standard InChI is InChI=1S/C21H27N3O2/c25-21(20-8-4-5-13-26-20)24-11-9-17(10-12-24)19-15-18(22-23-19)14-16-6-2-1-3-7-16/h1-3,6-7,15,17,20H,4-5,8-14H2,(H,22,23)/t20-/m1/s1. The predicted molar refractivity (Wildman–Crippen MR) is 100.0 cm³/mol. The number of aromatic amines is 1. The summed E-state index contributed by atoms with van der Waals surface area (Å²) in [5, 5.41) is 7.73. The van der Waals surface area contributed by atoms with Crippen LogP contribution >= 0.6 is 0 Å². The van der Waals surface area contributed by atoms with Crippen molar-refractivity contribution in [3.05, 3.63) is 53.3 Å². The molecule has 2 aliphatic heterocycles. The topological polar surface area (TPSA) is 58.2 Å². The summed E-state index contributed by atoms with van der Waals surface area (Å²) in [7, 11) is 0. The molecular weight excluding hydrogens is 326 g/mol. The van der Waals surface area contributed by atoms with E-state index in [-0.39, 0.29) is 12.0 Å². The van der Waals surface area contributed by atoms with E-state index in [4.69, 9.17) is 4.74 Å². The first-order chi connectivity index (χ1) is 12.8. The van der Waals surface area contributed by atoms with Crippen LogP contribution in [0.4, 0.5) is 0 Å². The number of nitrogens with one attached hydrogen (secondary N) is 1. The maximum absolute atomic E-state index is 12.6. The lowest BCUT2D eigenvalue weighted by atomic mass is 9.92. The second kappa shape index (κ2) is 8.04. The lowest BCUT2D eigenvalue weighted by Crippen LogP contribution is -2.45. The highest BCUT2D eigenvalue weighted by Gasteiger charge is 2.30. The molecule has 2 aromatic rings. The number of piperidine rings is 1. The number of carbonyl (C=O) groups excluding carboxylic acids is 1. The predicted octanol–water partition coefficient (Wildman–Crippen LogP) is 3.28. The van der Waals surface area contributed by atoms with Gasteiger partial charge in [0, 0.05) is 37.7 Å². The molecule has 5 heteroatoms. The van der Waals surface area contributed by atoms with E-state index in [2.05, 4.69) is 40.5 Å².